The van der Waals surface area contributed by atoms with Crippen LogP contribution in [-0.4, -0.2) is 14.9 Å². The van der Waals surface area contributed by atoms with Crippen molar-refractivity contribution in [2.24, 2.45) is 5.73 Å². The molecule has 4 heteroatoms. The lowest BCUT2D eigenvalue weighted by Crippen LogP contribution is -2.17. The zero-order valence-corrected chi connectivity index (χ0v) is 13.8. The average Bonchev–Trinajstić information content (AvgIpc) is 2.25. The molecular formula is C15H25NO2Si. The molecule has 0 aliphatic heterocycles. The van der Waals surface area contributed by atoms with Crippen molar-refractivity contribution in [3.63, 3.8) is 0 Å². The third-order valence-corrected chi connectivity index (χ3v) is 3.66. The number of amides is 1. The highest BCUT2D eigenvalue weighted by Crippen LogP contribution is 2.29. The van der Waals surface area contributed by atoms with E-state index in [1.165, 1.54) is 5.56 Å². The summed E-state index contributed by atoms with van der Waals surface area (Å²) < 4.78 is 6.00. The predicted octanol–water partition coefficient (Wildman–Crippen LogP) is 2.76. The van der Waals surface area contributed by atoms with Gasteiger partial charge in [0, 0.05) is 6.42 Å². The highest BCUT2D eigenvalue weighted by atomic mass is 28.3. The molecule has 0 radical (unpaired) electrons. The molecule has 1 rings (SSSR count). The van der Waals surface area contributed by atoms with Gasteiger partial charge in [0.2, 0.25) is 14.9 Å². The molecule has 1 aromatic carbocycles. The zero-order valence-electron chi connectivity index (χ0n) is 12.6. The van der Waals surface area contributed by atoms with Crippen molar-refractivity contribution >= 4 is 14.9 Å². The van der Waals surface area contributed by atoms with Crippen molar-refractivity contribution in [3.8, 4) is 5.75 Å². The Balaban J connectivity index is 3.05. The lowest BCUT2D eigenvalue weighted by Gasteiger charge is -2.22. The quantitative estimate of drug-likeness (QED) is 0.843. The van der Waals surface area contributed by atoms with E-state index in [0.29, 0.717) is 12.8 Å². The Hall–Kier alpha value is -1.29. The molecule has 0 atom stereocenters. The van der Waals surface area contributed by atoms with Crippen LogP contribution in [0, 0.1) is 0 Å². The predicted molar refractivity (Wildman–Crippen MR) is 82.2 cm³/mol. The molecule has 2 N–H and O–H groups in total. The molecule has 0 fully saturated rings. The van der Waals surface area contributed by atoms with Gasteiger partial charge in [-0.15, -0.1) is 0 Å². The third-order valence-electron chi connectivity index (χ3n) is 2.94. The van der Waals surface area contributed by atoms with Gasteiger partial charge in [-0.2, -0.15) is 0 Å². The number of benzene rings is 1. The fraction of sp³-hybridized carbons (Fsp3) is 0.533. The molecule has 0 aromatic heterocycles. The first kappa shape index (κ1) is 15.8. The summed E-state index contributed by atoms with van der Waals surface area (Å²) in [5.41, 5.74) is 7.64. The molecule has 0 aliphatic rings. The summed E-state index contributed by atoms with van der Waals surface area (Å²) in [6.07, 6.45) is 1.01. The van der Waals surface area contributed by atoms with Crippen LogP contribution in [0.4, 0.5) is 0 Å². The van der Waals surface area contributed by atoms with Crippen molar-refractivity contribution in [2.75, 3.05) is 0 Å². The van der Waals surface area contributed by atoms with Gasteiger partial charge >= 0.3 is 0 Å². The van der Waals surface area contributed by atoms with Gasteiger partial charge in [-0.3, -0.25) is 4.79 Å². The molecule has 1 aromatic rings. The summed E-state index contributed by atoms with van der Waals surface area (Å²) in [7, 11) is -1.17. The van der Waals surface area contributed by atoms with E-state index in [9.17, 15) is 4.79 Å². The smallest absolute Gasteiger partial charge is 0.229 e. The minimum absolute atomic E-state index is 0.0961. The number of hydrogen-bond donors (Lipinski definition) is 1. The van der Waals surface area contributed by atoms with Crippen molar-refractivity contribution in [3.05, 3.63) is 29.3 Å². The van der Waals surface area contributed by atoms with E-state index < -0.39 is 9.04 Å². The topological polar surface area (TPSA) is 52.3 Å². The van der Waals surface area contributed by atoms with Crippen LogP contribution in [-0.2, 0) is 16.6 Å². The molecule has 0 bridgehead atoms. The molecular weight excluding hydrogens is 254 g/mol. The maximum absolute atomic E-state index is 10.9. The van der Waals surface area contributed by atoms with Gasteiger partial charge < -0.3 is 10.2 Å². The lowest BCUT2D eigenvalue weighted by molar-refractivity contribution is -0.117. The second-order valence-electron chi connectivity index (χ2n) is 6.21. The average molecular weight is 279 g/mol. The lowest BCUT2D eigenvalue weighted by atomic mass is 9.86. The van der Waals surface area contributed by atoms with Crippen LogP contribution in [0.5, 0.6) is 5.75 Å². The highest BCUT2D eigenvalue weighted by Gasteiger charge is 2.17. The first-order valence-corrected chi connectivity index (χ1v) is 9.56. The number of hydrogen-bond acceptors (Lipinski definition) is 2. The van der Waals surface area contributed by atoms with E-state index in [1.54, 1.807) is 0 Å². The summed E-state index contributed by atoms with van der Waals surface area (Å²) in [4.78, 5) is 10.9. The molecule has 1 amide bonds. The van der Waals surface area contributed by atoms with E-state index in [0.717, 1.165) is 11.3 Å². The molecule has 0 spiro atoms. The van der Waals surface area contributed by atoms with Gasteiger partial charge in [0.1, 0.15) is 5.75 Å². The first-order chi connectivity index (χ1) is 8.70. The number of aryl methyl sites for hydroxylation is 1. The largest absolute Gasteiger partial charge is 0.547 e. The van der Waals surface area contributed by atoms with E-state index >= 15 is 0 Å². The molecule has 0 heterocycles. The molecule has 19 heavy (non-hydrogen) atoms. The minimum atomic E-state index is -1.17. The van der Waals surface area contributed by atoms with Crippen LogP contribution >= 0.6 is 0 Å². The minimum Gasteiger partial charge on any atom is -0.547 e. The molecule has 0 saturated heterocycles. The maximum atomic E-state index is 10.9. The number of rotatable bonds is 5. The van der Waals surface area contributed by atoms with Crippen molar-refractivity contribution in [1.82, 2.24) is 0 Å². The summed E-state index contributed by atoms with van der Waals surface area (Å²) >= 11 is 0. The van der Waals surface area contributed by atoms with Gasteiger partial charge in [0.25, 0.3) is 0 Å². The second kappa shape index (κ2) is 6.24. The Morgan fingerprint density at radius 1 is 1.32 bits per heavy atom. The number of carbonyl (C=O) groups excluding carboxylic acids is 1. The molecule has 0 aliphatic carbocycles. The second-order valence-corrected chi connectivity index (χ2v) is 8.54. The van der Waals surface area contributed by atoms with Crippen LogP contribution in [0.15, 0.2) is 18.2 Å². The number of nitrogens with two attached hydrogens (primary N) is 1. The van der Waals surface area contributed by atoms with Gasteiger partial charge in [0.15, 0.2) is 0 Å². The summed E-state index contributed by atoms with van der Waals surface area (Å²) in [5.74, 6) is 0.656. The fourth-order valence-electron chi connectivity index (χ4n) is 1.85. The third kappa shape index (κ3) is 5.07. The van der Waals surface area contributed by atoms with Crippen molar-refractivity contribution in [1.29, 1.82) is 0 Å². The van der Waals surface area contributed by atoms with E-state index in [4.69, 9.17) is 10.2 Å². The van der Waals surface area contributed by atoms with Gasteiger partial charge in [-0.1, -0.05) is 32.9 Å². The van der Waals surface area contributed by atoms with Gasteiger partial charge in [-0.25, -0.2) is 0 Å². The molecule has 0 saturated carbocycles. The first-order valence-electron chi connectivity index (χ1n) is 6.78. The summed E-state index contributed by atoms with van der Waals surface area (Å²) in [6.45, 7) is 10.8. The standard InChI is InChI=1S/C15H25NO2Si/c1-15(2,3)12-8-6-11(7-9-14(16)17)13(10-12)18-19(4)5/h6,8,10,19H,7,9H2,1-5H3,(H2,16,17). The van der Waals surface area contributed by atoms with Crippen LogP contribution in [0.25, 0.3) is 0 Å². The fourth-order valence-corrected chi connectivity index (χ4v) is 2.58. The number of carbonyl (C=O) groups is 1. The Morgan fingerprint density at radius 3 is 2.42 bits per heavy atom. The van der Waals surface area contributed by atoms with Crippen LogP contribution in [0.1, 0.15) is 38.3 Å². The van der Waals surface area contributed by atoms with Crippen LogP contribution < -0.4 is 10.2 Å². The summed E-state index contributed by atoms with van der Waals surface area (Å²) in [6, 6.07) is 6.30. The van der Waals surface area contributed by atoms with Gasteiger partial charge in [0.05, 0.1) is 0 Å². The van der Waals surface area contributed by atoms with Gasteiger partial charge in [-0.05, 0) is 42.1 Å². The van der Waals surface area contributed by atoms with E-state index in [-0.39, 0.29) is 11.3 Å². The SMILES string of the molecule is C[SiH](C)Oc1cc(C(C)(C)C)ccc1CCC(N)=O. The molecule has 106 valence electrons. The Bertz CT molecular complexity index is 450. The Morgan fingerprint density at radius 2 is 1.95 bits per heavy atom. The highest BCUT2D eigenvalue weighted by molar-refractivity contribution is 6.49. The van der Waals surface area contributed by atoms with E-state index in [1.807, 2.05) is 0 Å². The normalized spacial score (nSPS) is 11.7. The van der Waals surface area contributed by atoms with Crippen molar-refractivity contribution < 1.29 is 9.22 Å². The monoisotopic (exact) mass is 279 g/mol. The Labute approximate surface area is 117 Å². The van der Waals surface area contributed by atoms with Crippen LogP contribution in [0.2, 0.25) is 13.1 Å². The zero-order chi connectivity index (χ0) is 14.6. The molecule has 3 nitrogen and oxygen atoms in total. The van der Waals surface area contributed by atoms with Crippen LogP contribution in [0.3, 0.4) is 0 Å². The number of primary amides is 1. The van der Waals surface area contributed by atoms with E-state index in [2.05, 4.69) is 52.1 Å². The Kier molecular flexibility index (Phi) is 5.17. The summed E-state index contributed by atoms with van der Waals surface area (Å²) in [5, 5.41) is 0. The maximum Gasteiger partial charge on any atom is 0.229 e. The van der Waals surface area contributed by atoms with Crippen molar-refractivity contribution in [2.45, 2.75) is 52.1 Å². The molecule has 0 unspecified atom stereocenters.